The first-order valence-electron chi connectivity index (χ1n) is 5.32. The molecule has 0 radical (unpaired) electrons. The molecule has 1 heterocycles. The Labute approximate surface area is 97.4 Å². The molecule has 2 N–H and O–H groups in total. The summed E-state index contributed by atoms with van der Waals surface area (Å²) in [6.45, 7) is 0.785. The van der Waals surface area contributed by atoms with Gasteiger partial charge in [0.1, 0.15) is 0 Å². The molecule has 1 aromatic rings. The van der Waals surface area contributed by atoms with E-state index < -0.39 is 0 Å². The van der Waals surface area contributed by atoms with Crippen LogP contribution in [0.4, 0.5) is 5.69 Å². The summed E-state index contributed by atoms with van der Waals surface area (Å²) in [6, 6.07) is 1.65. The van der Waals surface area contributed by atoms with Crippen molar-refractivity contribution in [2.45, 2.75) is 32.2 Å². The van der Waals surface area contributed by atoms with Crippen LogP contribution in [0.15, 0.2) is 21.5 Å². The summed E-state index contributed by atoms with van der Waals surface area (Å²) in [4.78, 5) is 11.7. The topological polar surface area (TPSA) is 48.0 Å². The van der Waals surface area contributed by atoms with E-state index in [0.717, 1.165) is 18.9 Å². The highest BCUT2D eigenvalue weighted by Gasteiger charge is 2.17. The van der Waals surface area contributed by atoms with Crippen molar-refractivity contribution >= 4 is 21.6 Å². The lowest BCUT2D eigenvalue weighted by Gasteiger charge is -2.25. The lowest BCUT2D eigenvalue weighted by Crippen LogP contribution is -2.23. The minimum atomic E-state index is 0.0172. The molecule has 0 aromatic carbocycles. The Balaban J connectivity index is 2.09. The second-order valence-corrected chi connectivity index (χ2v) is 5.06. The number of halogens is 1. The first kappa shape index (κ1) is 10.7. The number of hydrogen-bond acceptors (Lipinski definition) is 2. The van der Waals surface area contributed by atoms with Crippen LogP contribution in [0.1, 0.15) is 25.7 Å². The third kappa shape index (κ3) is 2.43. The van der Waals surface area contributed by atoms with Crippen molar-refractivity contribution in [2.24, 2.45) is 5.92 Å². The van der Waals surface area contributed by atoms with Gasteiger partial charge < -0.3 is 10.3 Å². The number of pyridine rings is 1. The molecule has 0 aliphatic heterocycles. The zero-order chi connectivity index (χ0) is 10.8. The highest BCUT2D eigenvalue weighted by Crippen LogP contribution is 2.29. The molecule has 0 bridgehead atoms. The highest BCUT2D eigenvalue weighted by atomic mass is 79.9. The predicted molar refractivity (Wildman–Crippen MR) is 64.8 cm³/mol. The summed E-state index contributed by atoms with van der Waals surface area (Å²) in [6.07, 6.45) is 6.80. The van der Waals surface area contributed by atoms with Gasteiger partial charge in [-0.05, 0) is 34.3 Å². The molecule has 1 fully saturated rings. The van der Waals surface area contributed by atoms with Crippen molar-refractivity contribution in [3.63, 3.8) is 0 Å². The number of nitrogens with zero attached hydrogens (tertiary/aromatic N) is 1. The second kappa shape index (κ2) is 4.39. The molecule has 0 atom stereocenters. The number of aryl methyl sites for hydroxylation is 1. The summed E-state index contributed by atoms with van der Waals surface area (Å²) >= 11 is 3.22. The minimum Gasteiger partial charge on any atom is -0.398 e. The molecule has 1 aliphatic rings. The molecule has 0 spiro atoms. The number of hydrogen-bond donors (Lipinski definition) is 1. The maximum absolute atomic E-state index is 11.7. The van der Waals surface area contributed by atoms with Gasteiger partial charge in [-0.2, -0.15) is 0 Å². The van der Waals surface area contributed by atoms with E-state index in [1.54, 1.807) is 16.8 Å². The van der Waals surface area contributed by atoms with Gasteiger partial charge >= 0.3 is 0 Å². The van der Waals surface area contributed by atoms with Crippen LogP contribution in [0.2, 0.25) is 0 Å². The van der Waals surface area contributed by atoms with E-state index in [4.69, 9.17) is 5.73 Å². The Hall–Kier alpha value is -0.770. The lowest BCUT2D eigenvalue weighted by atomic mass is 9.83. The molecule has 3 nitrogen and oxygen atoms in total. The monoisotopic (exact) mass is 270 g/mol. The quantitative estimate of drug-likeness (QED) is 0.917. The summed E-state index contributed by atoms with van der Waals surface area (Å²) < 4.78 is 2.26. The zero-order valence-electron chi connectivity index (χ0n) is 8.58. The SMILES string of the molecule is Nc1cc(Br)c(=O)n(CCC2CCC2)c1. The Morgan fingerprint density at radius 1 is 1.53 bits per heavy atom. The minimum absolute atomic E-state index is 0.0172. The molecule has 1 aliphatic carbocycles. The van der Waals surface area contributed by atoms with Gasteiger partial charge in [0, 0.05) is 18.4 Å². The molecule has 0 amide bonds. The van der Waals surface area contributed by atoms with E-state index in [9.17, 15) is 4.79 Å². The van der Waals surface area contributed by atoms with Gasteiger partial charge in [-0.1, -0.05) is 19.3 Å². The van der Waals surface area contributed by atoms with Crippen LogP contribution in [-0.4, -0.2) is 4.57 Å². The van der Waals surface area contributed by atoms with Crippen LogP contribution in [0, 0.1) is 5.92 Å². The first-order chi connectivity index (χ1) is 7.16. The summed E-state index contributed by atoms with van der Waals surface area (Å²) in [5.41, 5.74) is 6.34. The maximum atomic E-state index is 11.7. The van der Waals surface area contributed by atoms with Gasteiger partial charge in [-0.15, -0.1) is 0 Å². The van der Waals surface area contributed by atoms with Crippen molar-refractivity contribution in [2.75, 3.05) is 5.73 Å². The van der Waals surface area contributed by atoms with Crippen LogP contribution in [0.3, 0.4) is 0 Å². The highest BCUT2D eigenvalue weighted by molar-refractivity contribution is 9.10. The van der Waals surface area contributed by atoms with Gasteiger partial charge in [0.15, 0.2) is 0 Å². The zero-order valence-corrected chi connectivity index (χ0v) is 10.2. The van der Waals surface area contributed by atoms with Crippen molar-refractivity contribution in [3.8, 4) is 0 Å². The van der Waals surface area contributed by atoms with Gasteiger partial charge in [0.25, 0.3) is 5.56 Å². The van der Waals surface area contributed by atoms with Crippen molar-refractivity contribution < 1.29 is 0 Å². The molecule has 1 aromatic heterocycles. The van der Waals surface area contributed by atoms with E-state index >= 15 is 0 Å². The van der Waals surface area contributed by atoms with Crippen LogP contribution >= 0.6 is 15.9 Å². The molecule has 82 valence electrons. The van der Waals surface area contributed by atoms with Crippen molar-refractivity contribution in [1.82, 2.24) is 4.57 Å². The van der Waals surface area contributed by atoms with Gasteiger partial charge in [-0.3, -0.25) is 4.79 Å². The largest absolute Gasteiger partial charge is 0.398 e. The standard InChI is InChI=1S/C11H15BrN2O/c12-10-6-9(13)7-14(11(10)15)5-4-8-2-1-3-8/h6-8H,1-5,13H2. The first-order valence-corrected chi connectivity index (χ1v) is 6.11. The fourth-order valence-corrected chi connectivity index (χ4v) is 2.38. The third-order valence-corrected chi connectivity index (χ3v) is 3.63. The summed E-state index contributed by atoms with van der Waals surface area (Å²) in [7, 11) is 0. The Bertz CT molecular complexity index is 410. The average Bonchev–Trinajstić information content (AvgIpc) is 2.10. The smallest absolute Gasteiger partial charge is 0.264 e. The van der Waals surface area contributed by atoms with Crippen molar-refractivity contribution in [1.29, 1.82) is 0 Å². The maximum Gasteiger partial charge on any atom is 0.264 e. The van der Waals surface area contributed by atoms with E-state index in [-0.39, 0.29) is 5.56 Å². The fraction of sp³-hybridized carbons (Fsp3) is 0.545. The summed E-state index contributed by atoms with van der Waals surface area (Å²) in [5.74, 6) is 0.817. The number of nitrogens with two attached hydrogens (primary N) is 1. The van der Waals surface area contributed by atoms with Crippen LogP contribution in [0.25, 0.3) is 0 Å². The Kier molecular flexibility index (Phi) is 3.14. The molecule has 1 saturated carbocycles. The van der Waals surface area contributed by atoms with Crippen LogP contribution in [0.5, 0.6) is 0 Å². The third-order valence-electron chi connectivity index (χ3n) is 3.07. The van der Waals surface area contributed by atoms with Crippen LogP contribution < -0.4 is 11.3 Å². The average molecular weight is 271 g/mol. The van der Waals surface area contributed by atoms with Gasteiger partial charge in [0.05, 0.1) is 4.47 Å². The van der Waals surface area contributed by atoms with E-state index in [1.807, 2.05) is 0 Å². The molecule has 4 heteroatoms. The number of anilines is 1. The predicted octanol–water partition coefficient (Wildman–Crippen LogP) is 2.38. The van der Waals surface area contributed by atoms with Crippen LogP contribution in [-0.2, 0) is 6.54 Å². The summed E-state index contributed by atoms with van der Waals surface area (Å²) in [5, 5.41) is 0. The Morgan fingerprint density at radius 2 is 2.27 bits per heavy atom. The molecule has 0 saturated heterocycles. The van der Waals surface area contributed by atoms with Gasteiger partial charge in [-0.25, -0.2) is 0 Å². The number of aromatic nitrogens is 1. The van der Waals surface area contributed by atoms with E-state index in [0.29, 0.717) is 10.2 Å². The number of rotatable bonds is 3. The molecular weight excluding hydrogens is 256 g/mol. The molecular formula is C11H15BrN2O. The fourth-order valence-electron chi connectivity index (χ4n) is 1.89. The molecule has 15 heavy (non-hydrogen) atoms. The number of nitrogen functional groups attached to an aromatic ring is 1. The lowest BCUT2D eigenvalue weighted by molar-refractivity contribution is 0.281. The van der Waals surface area contributed by atoms with E-state index in [2.05, 4.69) is 15.9 Å². The second-order valence-electron chi connectivity index (χ2n) is 4.21. The molecule has 2 rings (SSSR count). The Morgan fingerprint density at radius 3 is 2.87 bits per heavy atom. The van der Waals surface area contributed by atoms with Crippen molar-refractivity contribution in [3.05, 3.63) is 27.1 Å². The van der Waals surface area contributed by atoms with E-state index in [1.165, 1.54) is 19.3 Å². The molecule has 0 unspecified atom stereocenters. The van der Waals surface area contributed by atoms with Gasteiger partial charge in [0.2, 0.25) is 0 Å². The normalized spacial score (nSPS) is 16.3.